The minimum absolute atomic E-state index is 0.0640. The molecular formula is C27H30N2O6. The molecule has 0 fully saturated rings. The molecule has 0 spiro atoms. The van der Waals surface area contributed by atoms with Crippen LogP contribution < -0.4 is 14.2 Å². The molecule has 0 aliphatic heterocycles. The average Bonchev–Trinajstić information content (AvgIpc) is 2.92. The largest absolute Gasteiger partial charge is 0.493 e. The van der Waals surface area contributed by atoms with Gasteiger partial charge in [0, 0.05) is 19.4 Å². The molecule has 3 rings (SSSR count). The maximum Gasteiger partial charge on any atom is 0.338 e. The zero-order valence-corrected chi connectivity index (χ0v) is 20.6. The van der Waals surface area contributed by atoms with Gasteiger partial charge in [0.25, 0.3) is 5.91 Å². The Balaban J connectivity index is 1.96. The summed E-state index contributed by atoms with van der Waals surface area (Å²) >= 11 is 0. The Labute approximate surface area is 205 Å². The number of likely N-dealkylation sites (N-methyl/N-ethyl adjacent to an activating group) is 1. The molecule has 0 unspecified atom stereocenters. The van der Waals surface area contributed by atoms with Gasteiger partial charge in [0.2, 0.25) is 5.75 Å². The molecule has 35 heavy (non-hydrogen) atoms. The number of ether oxygens (including phenoxy) is 4. The van der Waals surface area contributed by atoms with E-state index < -0.39 is 11.5 Å². The van der Waals surface area contributed by atoms with E-state index in [-0.39, 0.29) is 18.1 Å². The molecule has 1 aromatic heterocycles. The fourth-order valence-electron chi connectivity index (χ4n) is 4.01. The van der Waals surface area contributed by atoms with E-state index in [1.807, 2.05) is 37.3 Å². The third kappa shape index (κ3) is 5.21. The van der Waals surface area contributed by atoms with Crippen molar-refractivity contribution >= 4 is 11.9 Å². The topological polar surface area (TPSA) is 87.2 Å². The molecule has 1 amide bonds. The molecule has 0 saturated carbocycles. The summed E-state index contributed by atoms with van der Waals surface area (Å²) in [5.74, 6) is 0.244. The molecule has 3 aromatic rings. The first kappa shape index (κ1) is 25.6. The fraction of sp³-hybridized carbons (Fsp3) is 0.296. The number of esters is 1. The Hall–Kier alpha value is -4.07. The van der Waals surface area contributed by atoms with Gasteiger partial charge in [-0.1, -0.05) is 37.3 Å². The molecule has 1 atom stereocenters. The Kier molecular flexibility index (Phi) is 8.30. The lowest BCUT2D eigenvalue weighted by Crippen LogP contribution is -2.50. The van der Waals surface area contributed by atoms with Crippen molar-refractivity contribution in [3.63, 3.8) is 0 Å². The first-order chi connectivity index (χ1) is 16.9. The first-order valence-corrected chi connectivity index (χ1v) is 11.1. The average molecular weight is 479 g/mol. The first-order valence-electron chi connectivity index (χ1n) is 11.1. The number of aromatic nitrogens is 1. The van der Waals surface area contributed by atoms with E-state index in [9.17, 15) is 9.59 Å². The summed E-state index contributed by atoms with van der Waals surface area (Å²) in [6.07, 6.45) is 3.63. The summed E-state index contributed by atoms with van der Waals surface area (Å²) in [5, 5.41) is 0. The molecule has 0 aliphatic carbocycles. The molecule has 2 aromatic carbocycles. The van der Waals surface area contributed by atoms with Crippen LogP contribution in [0.15, 0.2) is 67.0 Å². The standard InChI is InChI=1S/C27H30N2O6/c1-6-27(21-12-8-7-9-13-21,29(2)25(30)19-11-10-14-28-17-19)18-35-26(31)20-15-22(32-3)24(34-5)23(16-20)33-4/h7-17H,6,18H2,1-5H3/t27-/m1/s1. The lowest BCUT2D eigenvalue weighted by Gasteiger charge is -2.41. The zero-order valence-electron chi connectivity index (χ0n) is 20.6. The molecule has 0 radical (unpaired) electrons. The Morgan fingerprint density at radius 1 is 0.914 bits per heavy atom. The van der Waals surface area contributed by atoms with E-state index in [2.05, 4.69) is 4.98 Å². The summed E-state index contributed by atoms with van der Waals surface area (Å²) in [7, 11) is 6.15. The number of benzene rings is 2. The number of amides is 1. The van der Waals surface area contributed by atoms with Crippen LogP contribution in [0.2, 0.25) is 0 Å². The van der Waals surface area contributed by atoms with Crippen LogP contribution in [0.25, 0.3) is 0 Å². The van der Waals surface area contributed by atoms with Crippen molar-refractivity contribution in [3.05, 3.63) is 83.7 Å². The number of rotatable bonds is 10. The molecule has 184 valence electrons. The van der Waals surface area contributed by atoms with E-state index in [1.54, 1.807) is 30.3 Å². The van der Waals surface area contributed by atoms with E-state index in [0.29, 0.717) is 29.2 Å². The highest BCUT2D eigenvalue weighted by Gasteiger charge is 2.40. The zero-order chi connectivity index (χ0) is 25.4. The third-order valence-corrected chi connectivity index (χ3v) is 6.09. The van der Waals surface area contributed by atoms with Gasteiger partial charge in [-0.2, -0.15) is 0 Å². The Morgan fingerprint density at radius 3 is 2.09 bits per heavy atom. The summed E-state index contributed by atoms with van der Waals surface area (Å²) < 4.78 is 21.9. The fourth-order valence-corrected chi connectivity index (χ4v) is 4.01. The molecule has 8 nitrogen and oxygen atoms in total. The predicted molar refractivity (Wildman–Crippen MR) is 131 cm³/mol. The van der Waals surface area contributed by atoms with Gasteiger partial charge in [0.15, 0.2) is 11.5 Å². The van der Waals surface area contributed by atoms with E-state index in [1.165, 1.54) is 39.7 Å². The molecule has 1 heterocycles. The van der Waals surface area contributed by atoms with Crippen molar-refractivity contribution in [2.75, 3.05) is 35.0 Å². The van der Waals surface area contributed by atoms with Gasteiger partial charge in [-0.3, -0.25) is 9.78 Å². The number of carbonyl (C=O) groups excluding carboxylic acids is 2. The van der Waals surface area contributed by atoms with Crippen LogP contribution in [0.4, 0.5) is 0 Å². The van der Waals surface area contributed by atoms with Crippen LogP contribution in [-0.4, -0.2) is 56.7 Å². The van der Waals surface area contributed by atoms with Crippen molar-refractivity contribution in [2.24, 2.45) is 0 Å². The molecule has 0 saturated heterocycles. The van der Waals surface area contributed by atoms with Gasteiger partial charge < -0.3 is 23.8 Å². The minimum Gasteiger partial charge on any atom is -0.493 e. The Morgan fingerprint density at radius 2 is 1.57 bits per heavy atom. The lowest BCUT2D eigenvalue weighted by molar-refractivity contribution is 0.00535. The molecule has 0 aliphatic rings. The molecule has 0 bridgehead atoms. The van der Waals surface area contributed by atoms with Crippen LogP contribution in [0, 0.1) is 0 Å². The number of methoxy groups -OCH3 is 3. The van der Waals surface area contributed by atoms with Gasteiger partial charge in [-0.15, -0.1) is 0 Å². The second-order valence-corrected chi connectivity index (χ2v) is 7.85. The third-order valence-electron chi connectivity index (χ3n) is 6.09. The highest BCUT2D eigenvalue weighted by molar-refractivity contribution is 5.94. The molecule has 8 heteroatoms. The Bertz CT molecular complexity index is 1130. The van der Waals surface area contributed by atoms with Crippen molar-refractivity contribution in [3.8, 4) is 17.2 Å². The van der Waals surface area contributed by atoms with Crippen LogP contribution in [-0.2, 0) is 10.3 Å². The second-order valence-electron chi connectivity index (χ2n) is 7.85. The molecule has 0 N–H and O–H groups in total. The highest BCUT2D eigenvalue weighted by Crippen LogP contribution is 2.39. The summed E-state index contributed by atoms with van der Waals surface area (Å²) in [4.78, 5) is 32.2. The minimum atomic E-state index is -0.912. The second kappa shape index (κ2) is 11.4. The monoisotopic (exact) mass is 478 g/mol. The SMILES string of the molecule is CC[C@@](COC(=O)c1cc(OC)c(OC)c(OC)c1)(c1ccccc1)N(C)C(=O)c1cccnc1. The number of hydrogen-bond donors (Lipinski definition) is 0. The maximum absolute atomic E-state index is 13.4. The van der Waals surface area contributed by atoms with Crippen LogP contribution >= 0.6 is 0 Å². The number of nitrogens with zero attached hydrogens (tertiary/aromatic N) is 2. The van der Waals surface area contributed by atoms with Gasteiger partial charge in [-0.05, 0) is 36.2 Å². The summed E-state index contributed by atoms with van der Waals surface area (Å²) in [6, 6.07) is 16.0. The van der Waals surface area contributed by atoms with Gasteiger partial charge >= 0.3 is 5.97 Å². The van der Waals surface area contributed by atoms with Crippen molar-refractivity contribution in [1.82, 2.24) is 9.88 Å². The van der Waals surface area contributed by atoms with Crippen molar-refractivity contribution in [1.29, 1.82) is 0 Å². The van der Waals surface area contributed by atoms with Crippen molar-refractivity contribution in [2.45, 2.75) is 18.9 Å². The maximum atomic E-state index is 13.4. The van der Waals surface area contributed by atoms with Crippen LogP contribution in [0.1, 0.15) is 39.6 Å². The highest BCUT2D eigenvalue weighted by atomic mass is 16.5. The van der Waals surface area contributed by atoms with E-state index in [0.717, 1.165) is 5.56 Å². The number of pyridine rings is 1. The smallest absolute Gasteiger partial charge is 0.338 e. The normalized spacial score (nSPS) is 12.3. The van der Waals surface area contributed by atoms with Crippen LogP contribution in [0.5, 0.6) is 17.2 Å². The summed E-state index contributed by atoms with van der Waals surface area (Å²) in [5.41, 5.74) is 0.614. The van der Waals surface area contributed by atoms with Gasteiger partial charge in [-0.25, -0.2) is 4.79 Å². The van der Waals surface area contributed by atoms with Crippen molar-refractivity contribution < 1.29 is 28.5 Å². The molecular weight excluding hydrogens is 448 g/mol. The number of carbonyl (C=O) groups is 2. The lowest BCUT2D eigenvalue weighted by atomic mass is 9.86. The number of hydrogen-bond acceptors (Lipinski definition) is 7. The van der Waals surface area contributed by atoms with Gasteiger partial charge in [0.05, 0.1) is 32.5 Å². The van der Waals surface area contributed by atoms with Gasteiger partial charge in [0.1, 0.15) is 12.1 Å². The predicted octanol–water partition coefficient (Wildman–Crippen LogP) is 4.34. The quantitative estimate of drug-likeness (QED) is 0.401. The van der Waals surface area contributed by atoms with E-state index >= 15 is 0 Å². The van der Waals surface area contributed by atoms with E-state index in [4.69, 9.17) is 18.9 Å². The van der Waals surface area contributed by atoms with Crippen LogP contribution in [0.3, 0.4) is 0 Å². The summed E-state index contributed by atoms with van der Waals surface area (Å²) in [6.45, 7) is 1.89.